The Hall–Kier alpha value is -1.99. The van der Waals surface area contributed by atoms with Crippen molar-refractivity contribution in [1.82, 2.24) is 0 Å². The van der Waals surface area contributed by atoms with Gasteiger partial charge in [0.15, 0.2) is 6.61 Å². The summed E-state index contributed by atoms with van der Waals surface area (Å²) < 4.78 is 12.7. The Labute approximate surface area is 180 Å². The minimum Gasteiger partial charge on any atom is -0.480 e. The third-order valence-electron chi connectivity index (χ3n) is 4.35. The number of anilines is 1. The van der Waals surface area contributed by atoms with Gasteiger partial charge in [0.05, 0.1) is 8.95 Å². The average molecular weight is 511 g/mol. The predicted molar refractivity (Wildman–Crippen MR) is 117 cm³/mol. The molecule has 1 heterocycles. The third-order valence-corrected chi connectivity index (χ3v) is 5.52. The van der Waals surface area contributed by atoms with Crippen LogP contribution in [0.25, 0.3) is 11.0 Å². The fraction of sp³-hybridized carbons (Fsp3) is 0.286. The Morgan fingerprint density at radius 1 is 1.21 bits per heavy atom. The van der Waals surface area contributed by atoms with E-state index in [4.69, 9.17) is 14.3 Å². The van der Waals surface area contributed by atoms with Crippen LogP contribution in [0.1, 0.15) is 31.1 Å². The van der Waals surface area contributed by atoms with Crippen LogP contribution in [0, 0.1) is 0 Å². The van der Waals surface area contributed by atoms with Crippen molar-refractivity contribution in [1.29, 1.82) is 0 Å². The fourth-order valence-corrected chi connectivity index (χ4v) is 4.42. The van der Waals surface area contributed by atoms with Crippen molar-refractivity contribution in [2.24, 2.45) is 0 Å². The summed E-state index contributed by atoms with van der Waals surface area (Å²) in [4.78, 5) is 10.7. The van der Waals surface area contributed by atoms with E-state index in [1.807, 2.05) is 30.3 Å². The second kappa shape index (κ2) is 9.47. The van der Waals surface area contributed by atoms with Gasteiger partial charge in [0.25, 0.3) is 0 Å². The molecule has 0 spiro atoms. The van der Waals surface area contributed by atoms with Gasteiger partial charge in [-0.25, -0.2) is 4.79 Å². The highest BCUT2D eigenvalue weighted by Crippen LogP contribution is 2.37. The number of hydrogen-bond acceptors (Lipinski definition) is 4. The Morgan fingerprint density at radius 3 is 2.61 bits per heavy atom. The molecule has 7 heteroatoms. The van der Waals surface area contributed by atoms with Gasteiger partial charge in [-0.15, -0.1) is 0 Å². The van der Waals surface area contributed by atoms with Crippen molar-refractivity contribution >= 4 is 54.5 Å². The number of carboxylic acid groups (broad SMARTS) is 1. The molecule has 148 valence electrons. The van der Waals surface area contributed by atoms with Gasteiger partial charge in [-0.3, -0.25) is 0 Å². The quantitative estimate of drug-likeness (QED) is 0.349. The van der Waals surface area contributed by atoms with E-state index in [-0.39, 0.29) is 0 Å². The highest BCUT2D eigenvalue weighted by molar-refractivity contribution is 9.11. The smallest absolute Gasteiger partial charge is 0.341 e. The molecule has 3 aromatic rings. The first-order chi connectivity index (χ1) is 13.5. The molecule has 2 N–H and O–H groups in total. The molecule has 2 aromatic carbocycles. The lowest BCUT2D eigenvalue weighted by Gasteiger charge is -2.13. The molecule has 0 unspecified atom stereocenters. The summed E-state index contributed by atoms with van der Waals surface area (Å²) in [5.74, 6) is 0.466. The molecule has 0 atom stereocenters. The summed E-state index contributed by atoms with van der Waals surface area (Å²) in [5, 5.41) is 13.4. The number of fused-ring (bicyclic) bond motifs is 1. The summed E-state index contributed by atoms with van der Waals surface area (Å²) >= 11 is 6.90. The van der Waals surface area contributed by atoms with E-state index < -0.39 is 12.6 Å². The largest absolute Gasteiger partial charge is 0.480 e. The van der Waals surface area contributed by atoms with E-state index >= 15 is 0 Å². The third kappa shape index (κ3) is 4.89. The van der Waals surface area contributed by atoms with Crippen molar-refractivity contribution in [3.63, 3.8) is 0 Å². The number of carboxylic acids is 1. The van der Waals surface area contributed by atoms with E-state index in [9.17, 15) is 4.79 Å². The molecule has 0 fully saturated rings. The van der Waals surface area contributed by atoms with E-state index in [1.54, 1.807) is 0 Å². The number of halogens is 2. The van der Waals surface area contributed by atoms with Crippen LogP contribution < -0.4 is 10.1 Å². The number of nitrogens with one attached hydrogen (secondary N) is 1. The summed E-state index contributed by atoms with van der Waals surface area (Å²) in [7, 11) is 0. The lowest BCUT2D eigenvalue weighted by atomic mass is 10.1. The Balaban J connectivity index is 1.81. The summed E-state index contributed by atoms with van der Waals surface area (Å²) in [6.45, 7) is 2.40. The van der Waals surface area contributed by atoms with E-state index in [2.05, 4.69) is 50.2 Å². The minimum atomic E-state index is -1.02. The second-order valence-electron chi connectivity index (χ2n) is 6.41. The molecule has 0 saturated carbocycles. The van der Waals surface area contributed by atoms with Gasteiger partial charge in [-0.1, -0.05) is 31.5 Å². The first-order valence-electron chi connectivity index (χ1n) is 9.06. The minimum absolute atomic E-state index is 0.397. The number of hydrogen-bond donors (Lipinski definition) is 2. The number of rotatable bonds is 9. The van der Waals surface area contributed by atoms with E-state index in [0.29, 0.717) is 21.2 Å². The second-order valence-corrected chi connectivity index (χ2v) is 8.12. The van der Waals surface area contributed by atoms with Gasteiger partial charge in [-0.05, 0) is 56.5 Å². The molecule has 0 amide bonds. The lowest BCUT2D eigenvalue weighted by molar-refractivity contribution is -0.139. The molecule has 5 nitrogen and oxygen atoms in total. The van der Waals surface area contributed by atoms with E-state index in [0.717, 1.165) is 41.7 Å². The first-order valence-corrected chi connectivity index (χ1v) is 10.6. The molecule has 1 aromatic heterocycles. The zero-order chi connectivity index (χ0) is 20.1. The number of aryl methyl sites for hydroxylation is 1. The van der Waals surface area contributed by atoms with Crippen LogP contribution in [-0.2, 0) is 17.8 Å². The number of unbranched alkanes of at least 4 members (excludes halogenated alkanes) is 1. The monoisotopic (exact) mass is 509 g/mol. The van der Waals surface area contributed by atoms with Crippen molar-refractivity contribution in [2.45, 2.75) is 32.7 Å². The Kier molecular flexibility index (Phi) is 7.02. The van der Waals surface area contributed by atoms with Gasteiger partial charge in [0.1, 0.15) is 17.1 Å². The summed E-state index contributed by atoms with van der Waals surface area (Å²) in [6, 6.07) is 11.8. The van der Waals surface area contributed by atoms with Gasteiger partial charge in [0.2, 0.25) is 0 Å². The van der Waals surface area contributed by atoms with Crippen LogP contribution in [0.2, 0.25) is 0 Å². The van der Waals surface area contributed by atoms with E-state index in [1.165, 1.54) is 5.56 Å². The van der Waals surface area contributed by atoms with Crippen LogP contribution >= 0.6 is 31.9 Å². The normalized spacial score (nSPS) is 11.0. The highest BCUT2D eigenvalue weighted by atomic mass is 79.9. The Morgan fingerprint density at radius 2 is 1.93 bits per heavy atom. The van der Waals surface area contributed by atoms with Gasteiger partial charge in [-0.2, -0.15) is 0 Å². The SMILES string of the molecule is CCCCc1oc2ccccc2c1CNc1cc(Br)c(OCC(=O)O)c(Br)c1. The van der Waals surface area contributed by atoms with Crippen LogP contribution in [0.4, 0.5) is 5.69 Å². The fourth-order valence-electron chi connectivity index (χ4n) is 3.01. The van der Waals surface area contributed by atoms with Crippen molar-refractivity contribution in [2.75, 3.05) is 11.9 Å². The maximum atomic E-state index is 10.7. The molecule has 0 aliphatic rings. The number of ether oxygens (including phenoxy) is 1. The predicted octanol–water partition coefficient (Wildman–Crippen LogP) is 6.38. The van der Waals surface area contributed by atoms with Crippen molar-refractivity contribution in [3.8, 4) is 5.75 Å². The molecule has 0 bridgehead atoms. The van der Waals surface area contributed by atoms with Crippen molar-refractivity contribution in [3.05, 3.63) is 56.7 Å². The zero-order valence-electron chi connectivity index (χ0n) is 15.4. The van der Waals surface area contributed by atoms with Crippen LogP contribution in [0.3, 0.4) is 0 Å². The number of furan rings is 1. The number of aliphatic carboxylic acids is 1. The molecular formula is C21H21Br2NO4. The maximum absolute atomic E-state index is 10.7. The standard InChI is InChI=1S/C21H21Br2NO4/c1-2-3-7-19-15(14-6-4-5-8-18(14)28-19)11-24-13-9-16(22)21(17(23)10-13)27-12-20(25)26/h4-6,8-10,24H,2-3,7,11-12H2,1H3,(H,25,26). The van der Waals surface area contributed by atoms with Crippen LogP contribution in [-0.4, -0.2) is 17.7 Å². The molecular weight excluding hydrogens is 490 g/mol. The first kappa shape index (κ1) is 20.7. The van der Waals surface area contributed by atoms with Crippen molar-refractivity contribution < 1.29 is 19.1 Å². The van der Waals surface area contributed by atoms with Crippen LogP contribution in [0.5, 0.6) is 5.75 Å². The molecule has 3 rings (SSSR count). The highest BCUT2D eigenvalue weighted by Gasteiger charge is 2.15. The van der Waals surface area contributed by atoms with Gasteiger partial charge in [0, 0.05) is 29.6 Å². The molecule has 0 radical (unpaired) electrons. The topological polar surface area (TPSA) is 71.7 Å². The lowest BCUT2D eigenvalue weighted by Crippen LogP contribution is -2.10. The molecule has 0 aliphatic carbocycles. The van der Waals surface area contributed by atoms with Gasteiger partial charge < -0.3 is 19.6 Å². The molecule has 0 saturated heterocycles. The maximum Gasteiger partial charge on any atom is 0.341 e. The zero-order valence-corrected chi connectivity index (χ0v) is 18.6. The summed E-state index contributed by atoms with van der Waals surface area (Å²) in [5.41, 5.74) is 2.96. The number of para-hydroxylation sites is 1. The van der Waals surface area contributed by atoms with Gasteiger partial charge >= 0.3 is 5.97 Å². The summed E-state index contributed by atoms with van der Waals surface area (Å²) in [6.07, 6.45) is 3.11. The van der Waals surface area contributed by atoms with Crippen LogP contribution in [0.15, 0.2) is 49.8 Å². The number of carbonyl (C=O) groups is 1. The Bertz CT molecular complexity index is 961. The number of benzene rings is 2. The molecule has 28 heavy (non-hydrogen) atoms. The molecule has 0 aliphatic heterocycles. The average Bonchev–Trinajstić information content (AvgIpc) is 3.01.